The number of hydrogen-bond acceptors (Lipinski definition) is 2. The predicted octanol–water partition coefficient (Wildman–Crippen LogP) is 2.72. The minimum absolute atomic E-state index is 0.838. The van der Waals surface area contributed by atoms with Crippen molar-refractivity contribution in [2.45, 2.75) is 25.8 Å². The molecule has 2 rings (SSSR count). The fraction of sp³-hybridized carbons (Fsp3) is 0.412. The summed E-state index contributed by atoms with van der Waals surface area (Å²) >= 11 is 6.16. The zero-order valence-corrected chi connectivity index (χ0v) is 14.3. The van der Waals surface area contributed by atoms with Crippen molar-refractivity contribution in [2.75, 3.05) is 20.1 Å². The monoisotopic (exact) mass is 333 g/mol. The molecule has 0 atom stereocenters. The lowest BCUT2D eigenvalue weighted by Crippen LogP contribution is -2.38. The fourth-order valence-electron chi connectivity index (χ4n) is 2.29. The minimum Gasteiger partial charge on any atom is -0.356 e. The van der Waals surface area contributed by atoms with Crippen LogP contribution in [-0.2, 0) is 13.0 Å². The van der Waals surface area contributed by atoms with E-state index in [9.17, 15) is 0 Å². The molecule has 0 amide bonds. The molecule has 6 heteroatoms. The Morgan fingerprint density at radius 2 is 1.96 bits per heavy atom. The third kappa shape index (κ3) is 6.32. The van der Waals surface area contributed by atoms with Crippen molar-refractivity contribution in [3.63, 3.8) is 0 Å². The van der Waals surface area contributed by atoms with E-state index in [1.807, 2.05) is 35.1 Å². The molecule has 0 aliphatic heterocycles. The highest BCUT2D eigenvalue weighted by molar-refractivity contribution is 6.31. The molecule has 2 N–H and O–H groups in total. The Kier molecular flexibility index (Phi) is 7.46. The van der Waals surface area contributed by atoms with Crippen molar-refractivity contribution in [3.8, 4) is 0 Å². The summed E-state index contributed by atoms with van der Waals surface area (Å²) in [4.78, 5) is 4.23. The van der Waals surface area contributed by atoms with Gasteiger partial charge in [0.1, 0.15) is 0 Å². The van der Waals surface area contributed by atoms with E-state index in [-0.39, 0.29) is 0 Å². The first-order chi connectivity index (χ1) is 11.3. The van der Waals surface area contributed by atoms with Gasteiger partial charge in [-0.1, -0.05) is 29.8 Å². The van der Waals surface area contributed by atoms with E-state index in [0.717, 1.165) is 49.9 Å². The summed E-state index contributed by atoms with van der Waals surface area (Å²) in [6.45, 7) is 2.64. The van der Waals surface area contributed by atoms with Gasteiger partial charge in [-0.2, -0.15) is 5.10 Å². The van der Waals surface area contributed by atoms with Crippen LogP contribution >= 0.6 is 11.6 Å². The van der Waals surface area contributed by atoms with Crippen LogP contribution in [0.3, 0.4) is 0 Å². The molecule has 0 spiro atoms. The highest BCUT2D eigenvalue weighted by Crippen LogP contribution is 2.16. The molecule has 0 saturated carbocycles. The van der Waals surface area contributed by atoms with Crippen LogP contribution in [0.4, 0.5) is 0 Å². The SMILES string of the molecule is CN=C(NCCCc1ccccc1Cl)NCCCn1cccn1. The van der Waals surface area contributed by atoms with Gasteiger partial charge < -0.3 is 10.6 Å². The average Bonchev–Trinajstić information content (AvgIpc) is 3.08. The average molecular weight is 334 g/mol. The molecule has 0 aliphatic rings. The first-order valence-electron chi connectivity index (χ1n) is 7.95. The summed E-state index contributed by atoms with van der Waals surface area (Å²) in [7, 11) is 1.79. The zero-order valence-electron chi connectivity index (χ0n) is 13.5. The lowest BCUT2D eigenvalue weighted by atomic mass is 10.1. The highest BCUT2D eigenvalue weighted by atomic mass is 35.5. The van der Waals surface area contributed by atoms with Crippen molar-refractivity contribution in [1.29, 1.82) is 0 Å². The van der Waals surface area contributed by atoms with Gasteiger partial charge in [0.15, 0.2) is 5.96 Å². The third-order valence-electron chi connectivity index (χ3n) is 3.51. The first-order valence-corrected chi connectivity index (χ1v) is 8.33. The number of aryl methyl sites for hydroxylation is 2. The Morgan fingerprint density at radius 1 is 1.17 bits per heavy atom. The molecule has 5 nitrogen and oxygen atoms in total. The summed E-state index contributed by atoms with van der Waals surface area (Å²) < 4.78 is 1.93. The molecule has 0 fully saturated rings. The van der Waals surface area contributed by atoms with Crippen molar-refractivity contribution >= 4 is 17.6 Å². The summed E-state index contributed by atoms with van der Waals surface area (Å²) in [5, 5.41) is 11.7. The van der Waals surface area contributed by atoms with Crippen molar-refractivity contribution < 1.29 is 0 Å². The maximum atomic E-state index is 6.16. The van der Waals surface area contributed by atoms with Gasteiger partial charge in [-0.3, -0.25) is 9.67 Å². The number of aliphatic imine (C=N–C) groups is 1. The topological polar surface area (TPSA) is 54.2 Å². The van der Waals surface area contributed by atoms with Crippen LogP contribution in [0, 0.1) is 0 Å². The van der Waals surface area contributed by atoms with E-state index in [2.05, 4.69) is 26.8 Å². The van der Waals surface area contributed by atoms with Crippen molar-refractivity contribution in [1.82, 2.24) is 20.4 Å². The van der Waals surface area contributed by atoms with Gasteiger partial charge in [0.2, 0.25) is 0 Å². The summed E-state index contributed by atoms with van der Waals surface area (Å²) in [5.74, 6) is 0.838. The Bertz CT molecular complexity index is 595. The number of aromatic nitrogens is 2. The number of halogens is 1. The fourth-order valence-corrected chi connectivity index (χ4v) is 2.52. The molecule has 23 heavy (non-hydrogen) atoms. The zero-order chi connectivity index (χ0) is 16.3. The van der Waals surface area contributed by atoms with Crippen LogP contribution in [0.25, 0.3) is 0 Å². The number of hydrogen-bond donors (Lipinski definition) is 2. The molecule has 124 valence electrons. The van der Waals surface area contributed by atoms with Gasteiger partial charge in [0.05, 0.1) is 0 Å². The minimum atomic E-state index is 0.838. The smallest absolute Gasteiger partial charge is 0.190 e. The maximum Gasteiger partial charge on any atom is 0.190 e. The van der Waals surface area contributed by atoms with E-state index in [1.54, 1.807) is 13.2 Å². The van der Waals surface area contributed by atoms with Gasteiger partial charge in [0.25, 0.3) is 0 Å². The first kappa shape index (κ1) is 17.3. The quantitative estimate of drug-likeness (QED) is 0.443. The van der Waals surface area contributed by atoms with Gasteiger partial charge in [-0.15, -0.1) is 0 Å². The second-order valence-electron chi connectivity index (χ2n) is 5.24. The molecule has 0 unspecified atom stereocenters. The lowest BCUT2D eigenvalue weighted by Gasteiger charge is -2.12. The van der Waals surface area contributed by atoms with E-state index in [0.29, 0.717) is 0 Å². The van der Waals surface area contributed by atoms with E-state index in [4.69, 9.17) is 11.6 Å². The van der Waals surface area contributed by atoms with Crippen LogP contribution in [0.1, 0.15) is 18.4 Å². The molecule has 0 saturated heterocycles. The summed E-state index contributed by atoms with van der Waals surface area (Å²) in [6, 6.07) is 9.93. The second-order valence-corrected chi connectivity index (χ2v) is 5.65. The lowest BCUT2D eigenvalue weighted by molar-refractivity contribution is 0.570. The van der Waals surface area contributed by atoms with Crippen LogP contribution in [-0.4, -0.2) is 35.9 Å². The molecule has 1 aromatic carbocycles. The van der Waals surface area contributed by atoms with E-state index < -0.39 is 0 Å². The molecule has 2 aromatic rings. The predicted molar refractivity (Wildman–Crippen MR) is 96.0 cm³/mol. The molecule has 0 bridgehead atoms. The normalized spacial score (nSPS) is 11.5. The van der Waals surface area contributed by atoms with Crippen LogP contribution in [0.2, 0.25) is 5.02 Å². The van der Waals surface area contributed by atoms with E-state index >= 15 is 0 Å². The number of nitrogens with zero attached hydrogens (tertiary/aromatic N) is 3. The number of benzene rings is 1. The van der Waals surface area contributed by atoms with Gasteiger partial charge in [-0.25, -0.2) is 0 Å². The Labute approximate surface area is 142 Å². The maximum absolute atomic E-state index is 6.16. The van der Waals surface area contributed by atoms with Gasteiger partial charge in [-0.05, 0) is 37.0 Å². The van der Waals surface area contributed by atoms with Crippen molar-refractivity contribution in [2.24, 2.45) is 4.99 Å². The largest absolute Gasteiger partial charge is 0.356 e. The van der Waals surface area contributed by atoms with Crippen LogP contribution in [0.5, 0.6) is 0 Å². The van der Waals surface area contributed by atoms with Gasteiger partial charge >= 0.3 is 0 Å². The molecule has 1 aromatic heterocycles. The Hall–Kier alpha value is -2.01. The molecule has 1 heterocycles. The Morgan fingerprint density at radius 3 is 2.65 bits per heavy atom. The van der Waals surface area contributed by atoms with Crippen LogP contribution < -0.4 is 10.6 Å². The third-order valence-corrected chi connectivity index (χ3v) is 3.88. The summed E-state index contributed by atoms with van der Waals surface area (Å²) in [6.07, 6.45) is 6.75. The second kappa shape index (κ2) is 9.90. The Balaban J connectivity index is 1.58. The van der Waals surface area contributed by atoms with Crippen LogP contribution in [0.15, 0.2) is 47.7 Å². The van der Waals surface area contributed by atoms with Crippen molar-refractivity contribution in [3.05, 3.63) is 53.3 Å². The molecule has 0 aliphatic carbocycles. The molecular weight excluding hydrogens is 310 g/mol. The molecule has 0 radical (unpaired) electrons. The number of rotatable bonds is 8. The molecular formula is C17H24ClN5. The van der Waals surface area contributed by atoms with E-state index in [1.165, 1.54) is 5.56 Å². The highest BCUT2D eigenvalue weighted by Gasteiger charge is 2.00. The number of nitrogens with one attached hydrogen (secondary N) is 2. The standard InChI is InChI=1S/C17H24ClN5/c1-19-17(21-11-5-13-23-14-6-12-22-23)20-10-4-8-15-7-2-3-9-16(15)18/h2-3,6-7,9,12,14H,4-5,8,10-11,13H2,1H3,(H2,19,20,21). The van der Waals surface area contributed by atoms with Gasteiger partial charge in [0, 0.05) is 44.1 Å². The number of guanidine groups is 1. The summed E-state index contributed by atoms with van der Waals surface area (Å²) in [5.41, 5.74) is 1.19.